The quantitative estimate of drug-likeness (QED) is 0.793. The third-order valence-electron chi connectivity index (χ3n) is 3.20. The number of benzene rings is 1. The van der Waals surface area contributed by atoms with E-state index < -0.39 is 0 Å². The zero-order valence-corrected chi connectivity index (χ0v) is 9.21. The van der Waals surface area contributed by atoms with Crippen LogP contribution in [0, 0.1) is 11.7 Å². The lowest BCUT2D eigenvalue weighted by Crippen LogP contribution is -2.28. The molecule has 0 unspecified atom stereocenters. The van der Waals surface area contributed by atoms with Crippen LogP contribution in [0.25, 0.3) is 0 Å². The van der Waals surface area contributed by atoms with E-state index in [1.807, 2.05) is 0 Å². The first-order valence-corrected chi connectivity index (χ1v) is 5.74. The van der Waals surface area contributed by atoms with Crippen LogP contribution in [-0.2, 0) is 6.42 Å². The van der Waals surface area contributed by atoms with Crippen molar-refractivity contribution in [3.05, 3.63) is 35.1 Å². The van der Waals surface area contributed by atoms with E-state index in [9.17, 15) is 9.18 Å². The van der Waals surface area contributed by atoms with Crippen LogP contribution in [0.2, 0.25) is 0 Å². The molecule has 0 radical (unpaired) electrons. The van der Waals surface area contributed by atoms with Crippen LogP contribution in [0.15, 0.2) is 18.2 Å². The van der Waals surface area contributed by atoms with Crippen molar-refractivity contribution >= 4 is 6.29 Å². The fraction of sp³-hybridized carbons (Fsp3) is 0.462. The molecular formula is C13H16FNO. The van der Waals surface area contributed by atoms with Gasteiger partial charge in [-0.2, -0.15) is 0 Å². The number of carbonyl (C=O) groups excluding carboxylic acids is 1. The van der Waals surface area contributed by atoms with Crippen molar-refractivity contribution in [2.75, 3.05) is 13.1 Å². The Kier molecular flexibility index (Phi) is 3.67. The van der Waals surface area contributed by atoms with Crippen LogP contribution in [0.3, 0.4) is 0 Å². The van der Waals surface area contributed by atoms with Gasteiger partial charge in [-0.1, -0.05) is 0 Å². The smallest absolute Gasteiger partial charge is 0.150 e. The predicted octanol–water partition coefficient (Wildman–Crippen LogP) is 2.18. The molecule has 0 spiro atoms. The summed E-state index contributed by atoms with van der Waals surface area (Å²) in [4.78, 5) is 10.8. The van der Waals surface area contributed by atoms with E-state index in [1.54, 1.807) is 6.07 Å². The van der Waals surface area contributed by atoms with Crippen molar-refractivity contribution in [1.29, 1.82) is 0 Å². The highest BCUT2D eigenvalue weighted by Crippen LogP contribution is 2.20. The first-order chi connectivity index (χ1) is 7.79. The van der Waals surface area contributed by atoms with Crippen molar-refractivity contribution in [2.24, 2.45) is 5.92 Å². The van der Waals surface area contributed by atoms with Crippen molar-refractivity contribution in [3.8, 4) is 0 Å². The van der Waals surface area contributed by atoms with Crippen LogP contribution in [0.4, 0.5) is 4.39 Å². The molecule has 16 heavy (non-hydrogen) atoms. The number of halogens is 1. The van der Waals surface area contributed by atoms with E-state index >= 15 is 0 Å². The molecule has 1 N–H and O–H groups in total. The summed E-state index contributed by atoms with van der Waals surface area (Å²) in [5.41, 5.74) is 1.47. The van der Waals surface area contributed by atoms with Crippen molar-refractivity contribution < 1.29 is 9.18 Å². The summed E-state index contributed by atoms with van der Waals surface area (Å²) < 4.78 is 13.1. The molecule has 0 atom stereocenters. The minimum Gasteiger partial charge on any atom is -0.317 e. The molecule has 1 heterocycles. The molecule has 1 fully saturated rings. The van der Waals surface area contributed by atoms with Gasteiger partial charge in [0.2, 0.25) is 0 Å². The van der Waals surface area contributed by atoms with Gasteiger partial charge in [-0.15, -0.1) is 0 Å². The maximum atomic E-state index is 13.1. The summed E-state index contributed by atoms with van der Waals surface area (Å²) in [5, 5.41) is 3.30. The van der Waals surface area contributed by atoms with Gasteiger partial charge in [0, 0.05) is 5.56 Å². The molecule has 1 aliphatic rings. The molecular weight excluding hydrogens is 205 g/mol. The lowest BCUT2D eigenvalue weighted by atomic mass is 9.89. The lowest BCUT2D eigenvalue weighted by molar-refractivity contribution is 0.112. The second kappa shape index (κ2) is 5.21. The molecule has 1 aliphatic heterocycles. The van der Waals surface area contributed by atoms with Gasteiger partial charge in [-0.25, -0.2) is 4.39 Å². The Hall–Kier alpha value is -1.22. The fourth-order valence-electron chi connectivity index (χ4n) is 2.26. The van der Waals surface area contributed by atoms with Crippen LogP contribution in [-0.4, -0.2) is 19.4 Å². The average molecular weight is 221 g/mol. The Labute approximate surface area is 94.9 Å². The van der Waals surface area contributed by atoms with Crippen LogP contribution in [0.5, 0.6) is 0 Å². The molecule has 2 nitrogen and oxygen atoms in total. The molecule has 0 aromatic heterocycles. The number of nitrogens with one attached hydrogen (secondary N) is 1. The fourth-order valence-corrected chi connectivity index (χ4v) is 2.26. The molecule has 2 rings (SSSR count). The number of rotatable bonds is 3. The van der Waals surface area contributed by atoms with E-state index in [2.05, 4.69) is 5.32 Å². The topological polar surface area (TPSA) is 29.1 Å². The molecule has 0 amide bonds. The van der Waals surface area contributed by atoms with Crippen LogP contribution < -0.4 is 5.32 Å². The second-order valence-corrected chi connectivity index (χ2v) is 4.36. The second-order valence-electron chi connectivity index (χ2n) is 4.36. The Balaban J connectivity index is 2.12. The third kappa shape index (κ3) is 2.67. The Morgan fingerprint density at radius 3 is 2.81 bits per heavy atom. The first-order valence-electron chi connectivity index (χ1n) is 5.74. The summed E-state index contributed by atoms with van der Waals surface area (Å²) in [6.07, 6.45) is 3.84. The Morgan fingerprint density at radius 1 is 1.38 bits per heavy atom. The molecule has 0 bridgehead atoms. The normalized spacial score (nSPS) is 17.3. The number of piperidine rings is 1. The average Bonchev–Trinajstić information content (AvgIpc) is 2.31. The van der Waals surface area contributed by atoms with Crippen molar-refractivity contribution in [1.82, 2.24) is 5.32 Å². The Bertz CT molecular complexity index is 372. The van der Waals surface area contributed by atoms with E-state index in [0.29, 0.717) is 11.5 Å². The number of hydrogen-bond donors (Lipinski definition) is 1. The van der Waals surface area contributed by atoms with E-state index in [4.69, 9.17) is 0 Å². The van der Waals surface area contributed by atoms with Gasteiger partial charge in [-0.05, 0) is 62.0 Å². The molecule has 1 saturated heterocycles. The summed E-state index contributed by atoms with van der Waals surface area (Å²) >= 11 is 0. The van der Waals surface area contributed by atoms with E-state index in [1.165, 1.54) is 12.1 Å². The summed E-state index contributed by atoms with van der Waals surface area (Å²) in [5.74, 6) is 0.316. The number of aldehydes is 1. The first kappa shape index (κ1) is 11.3. The zero-order valence-electron chi connectivity index (χ0n) is 9.21. The van der Waals surface area contributed by atoms with Crippen molar-refractivity contribution in [3.63, 3.8) is 0 Å². The third-order valence-corrected chi connectivity index (χ3v) is 3.20. The molecule has 0 aliphatic carbocycles. The van der Waals surface area contributed by atoms with Crippen LogP contribution >= 0.6 is 0 Å². The minimum atomic E-state index is -0.255. The summed E-state index contributed by atoms with van der Waals surface area (Å²) in [7, 11) is 0. The number of carbonyl (C=O) groups is 1. The van der Waals surface area contributed by atoms with Crippen LogP contribution in [0.1, 0.15) is 28.8 Å². The monoisotopic (exact) mass is 221 g/mol. The highest BCUT2D eigenvalue weighted by atomic mass is 19.1. The minimum absolute atomic E-state index is 0.255. The van der Waals surface area contributed by atoms with Gasteiger partial charge in [0.25, 0.3) is 0 Å². The Morgan fingerprint density at radius 2 is 2.12 bits per heavy atom. The summed E-state index contributed by atoms with van der Waals surface area (Å²) in [6, 6.07) is 4.40. The predicted molar refractivity (Wildman–Crippen MR) is 61.1 cm³/mol. The van der Waals surface area contributed by atoms with Gasteiger partial charge >= 0.3 is 0 Å². The van der Waals surface area contributed by atoms with Gasteiger partial charge in [0.1, 0.15) is 12.1 Å². The van der Waals surface area contributed by atoms with Gasteiger partial charge in [0.15, 0.2) is 0 Å². The maximum absolute atomic E-state index is 13.1. The SMILES string of the molecule is O=Cc1ccc(F)cc1CC1CCNCC1. The molecule has 3 heteroatoms. The lowest BCUT2D eigenvalue weighted by Gasteiger charge is -2.23. The molecule has 1 aromatic carbocycles. The van der Waals surface area contributed by atoms with E-state index in [-0.39, 0.29) is 5.82 Å². The number of hydrogen-bond acceptors (Lipinski definition) is 2. The summed E-state index contributed by atoms with van der Waals surface area (Å²) in [6.45, 7) is 2.05. The van der Waals surface area contributed by atoms with Crippen molar-refractivity contribution in [2.45, 2.75) is 19.3 Å². The highest BCUT2D eigenvalue weighted by molar-refractivity contribution is 5.77. The van der Waals surface area contributed by atoms with E-state index in [0.717, 1.165) is 44.2 Å². The molecule has 86 valence electrons. The standard InChI is InChI=1S/C13H16FNO/c14-13-2-1-11(9-16)12(8-13)7-10-3-5-15-6-4-10/h1-2,8-10,15H,3-7H2. The highest BCUT2D eigenvalue weighted by Gasteiger charge is 2.15. The molecule has 1 aromatic rings. The zero-order chi connectivity index (χ0) is 11.4. The molecule has 0 saturated carbocycles. The van der Waals surface area contributed by atoms with Gasteiger partial charge in [-0.3, -0.25) is 4.79 Å². The largest absolute Gasteiger partial charge is 0.317 e. The van der Waals surface area contributed by atoms with Gasteiger partial charge < -0.3 is 5.32 Å². The maximum Gasteiger partial charge on any atom is 0.150 e. The van der Waals surface area contributed by atoms with Gasteiger partial charge in [0.05, 0.1) is 0 Å².